The van der Waals surface area contributed by atoms with E-state index in [0.717, 1.165) is 0 Å². The molecule has 0 fully saturated rings. The normalized spacial score (nSPS) is 11.6. The molecule has 8 heteroatoms. The molecule has 0 atom stereocenters. The second-order valence-electron chi connectivity index (χ2n) is 3.15. The highest BCUT2D eigenvalue weighted by molar-refractivity contribution is 8.13. The van der Waals surface area contributed by atoms with Crippen molar-refractivity contribution in [2.45, 2.75) is 11.8 Å². The molecule has 0 aliphatic heterocycles. The maximum Gasteiger partial charge on any atom is 0.261 e. The molecule has 0 saturated heterocycles. The van der Waals surface area contributed by atoms with Crippen LogP contribution in [0.2, 0.25) is 0 Å². The highest BCUT2D eigenvalue weighted by Gasteiger charge is 2.15. The summed E-state index contributed by atoms with van der Waals surface area (Å²) in [4.78, 5) is 0.0523. The van der Waals surface area contributed by atoms with Crippen molar-refractivity contribution in [2.75, 3.05) is 0 Å². The number of aromatic nitrogens is 4. The fourth-order valence-electron chi connectivity index (χ4n) is 1.29. The van der Waals surface area contributed by atoms with Crippen LogP contribution in [0, 0.1) is 6.92 Å². The van der Waals surface area contributed by atoms with Gasteiger partial charge in [-0.05, 0) is 23.8 Å². The molecule has 0 aliphatic rings. The first kappa shape index (κ1) is 11.0. The summed E-state index contributed by atoms with van der Waals surface area (Å²) in [6.45, 7) is 1.66. The van der Waals surface area contributed by atoms with Crippen molar-refractivity contribution < 1.29 is 8.42 Å². The third-order valence-electron chi connectivity index (χ3n) is 2.05. The van der Waals surface area contributed by atoms with E-state index >= 15 is 0 Å². The second kappa shape index (κ2) is 3.84. The maximum atomic E-state index is 11.3. The summed E-state index contributed by atoms with van der Waals surface area (Å²) in [5, 5.41) is 13.2. The summed E-state index contributed by atoms with van der Waals surface area (Å²) in [5.41, 5.74) is 1.11. The van der Waals surface area contributed by atoms with E-state index in [4.69, 9.17) is 10.7 Å². The van der Waals surface area contributed by atoms with Crippen LogP contribution in [0.15, 0.2) is 23.1 Å². The van der Waals surface area contributed by atoms with E-state index in [-0.39, 0.29) is 4.90 Å². The van der Waals surface area contributed by atoms with E-state index in [0.29, 0.717) is 17.0 Å². The Bertz CT molecular complexity index is 609. The minimum atomic E-state index is -3.76. The van der Waals surface area contributed by atoms with Gasteiger partial charge in [0.25, 0.3) is 9.05 Å². The Morgan fingerprint density at radius 1 is 1.38 bits per heavy atom. The average Bonchev–Trinajstić information content (AvgIpc) is 2.69. The van der Waals surface area contributed by atoms with Gasteiger partial charge in [-0.25, -0.2) is 8.42 Å². The fraction of sp³-hybridized carbons (Fsp3) is 0.125. The van der Waals surface area contributed by atoms with Gasteiger partial charge < -0.3 is 0 Å². The lowest BCUT2D eigenvalue weighted by Gasteiger charge is -2.03. The Kier molecular flexibility index (Phi) is 2.64. The lowest BCUT2D eigenvalue weighted by Crippen LogP contribution is -1.95. The molecular formula is C8H7ClN4O2S. The summed E-state index contributed by atoms with van der Waals surface area (Å²) < 4.78 is 22.6. The van der Waals surface area contributed by atoms with Gasteiger partial charge in [0, 0.05) is 16.2 Å². The number of aromatic amines is 1. The number of nitrogens with one attached hydrogen (secondary N) is 1. The zero-order valence-corrected chi connectivity index (χ0v) is 9.75. The Morgan fingerprint density at radius 3 is 2.69 bits per heavy atom. The number of H-pyrrole nitrogens is 1. The third kappa shape index (κ3) is 2.05. The van der Waals surface area contributed by atoms with Gasteiger partial charge >= 0.3 is 0 Å². The van der Waals surface area contributed by atoms with Crippen molar-refractivity contribution in [1.82, 2.24) is 20.6 Å². The van der Waals surface area contributed by atoms with Gasteiger partial charge in [0.2, 0.25) is 5.82 Å². The summed E-state index contributed by atoms with van der Waals surface area (Å²) in [6.07, 6.45) is 0. The second-order valence-corrected chi connectivity index (χ2v) is 5.69. The van der Waals surface area contributed by atoms with Crippen LogP contribution in [0.25, 0.3) is 11.4 Å². The lowest BCUT2D eigenvalue weighted by molar-refractivity contribution is 0.609. The van der Waals surface area contributed by atoms with Gasteiger partial charge in [0.15, 0.2) is 0 Å². The van der Waals surface area contributed by atoms with Gasteiger partial charge in [0.1, 0.15) is 0 Å². The molecule has 1 aromatic carbocycles. The quantitative estimate of drug-likeness (QED) is 0.815. The monoisotopic (exact) mass is 258 g/mol. The summed E-state index contributed by atoms with van der Waals surface area (Å²) in [7, 11) is 1.54. The third-order valence-corrected chi connectivity index (χ3v) is 3.52. The van der Waals surface area contributed by atoms with Crippen molar-refractivity contribution in [3.63, 3.8) is 0 Å². The van der Waals surface area contributed by atoms with Crippen LogP contribution >= 0.6 is 10.7 Å². The van der Waals surface area contributed by atoms with Crippen molar-refractivity contribution >= 4 is 19.7 Å². The number of halogens is 1. The number of hydrogen-bond donors (Lipinski definition) is 1. The lowest BCUT2D eigenvalue weighted by atomic mass is 10.1. The van der Waals surface area contributed by atoms with Crippen LogP contribution < -0.4 is 0 Å². The molecule has 0 spiro atoms. The van der Waals surface area contributed by atoms with Crippen molar-refractivity contribution in [1.29, 1.82) is 0 Å². The SMILES string of the molecule is Cc1ccc(-c2nn[nH]n2)cc1S(=O)(=O)Cl. The molecule has 1 N–H and O–H groups in total. The maximum absolute atomic E-state index is 11.3. The number of aryl methyl sites for hydroxylation is 1. The zero-order chi connectivity index (χ0) is 11.8. The molecule has 0 amide bonds. The van der Waals surface area contributed by atoms with Crippen LogP contribution in [0.5, 0.6) is 0 Å². The van der Waals surface area contributed by atoms with Crippen molar-refractivity contribution in [2.24, 2.45) is 0 Å². The molecule has 84 valence electrons. The van der Waals surface area contributed by atoms with E-state index in [1.165, 1.54) is 6.07 Å². The molecular weight excluding hydrogens is 252 g/mol. The predicted molar refractivity (Wildman–Crippen MR) is 57.4 cm³/mol. The highest BCUT2D eigenvalue weighted by atomic mass is 35.7. The summed E-state index contributed by atoms with van der Waals surface area (Å²) in [5.74, 6) is 0.321. The first-order valence-electron chi connectivity index (χ1n) is 4.27. The summed E-state index contributed by atoms with van der Waals surface area (Å²) >= 11 is 0. The largest absolute Gasteiger partial charge is 0.261 e. The topological polar surface area (TPSA) is 88.6 Å². The van der Waals surface area contributed by atoms with Gasteiger partial charge in [-0.3, -0.25) is 0 Å². The Balaban J connectivity index is 2.61. The van der Waals surface area contributed by atoms with Crippen molar-refractivity contribution in [3.05, 3.63) is 23.8 Å². The van der Waals surface area contributed by atoms with Crippen LogP contribution in [0.3, 0.4) is 0 Å². The molecule has 0 unspecified atom stereocenters. The van der Waals surface area contributed by atoms with E-state index < -0.39 is 9.05 Å². The molecule has 0 aliphatic carbocycles. The Labute approximate surface area is 96.1 Å². The van der Waals surface area contributed by atoms with Crippen molar-refractivity contribution in [3.8, 4) is 11.4 Å². The van der Waals surface area contributed by atoms with E-state index in [2.05, 4.69) is 20.6 Å². The van der Waals surface area contributed by atoms with E-state index in [1.807, 2.05) is 0 Å². The van der Waals surface area contributed by atoms with Gasteiger partial charge in [-0.1, -0.05) is 12.1 Å². The molecule has 16 heavy (non-hydrogen) atoms. The Morgan fingerprint density at radius 2 is 2.12 bits per heavy atom. The van der Waals surface area contributed by atoms with Crippen LogP contribution in [-0.4, -0.2) is 29.0 Å². The molecule has 2 aromatic rings. The smallest absolute Gasteiger partial charge is 0.207 e. The molecule has 0 radical (unpaired) electrons. The highest BCUT2D eigenvalue weighted by Crippen LogP contribution is 2.24. The number of tetrazole rings is 1. The minimum absolute atomic E-state index is 0.0523. The predicted octanol–water partition coefficient (Wildman–Crippen LogP) is 1.10. The molecule has 0 saturated carbocycles. The molecule has 0 bridgehead atoms. The molecule has 1 aromatic heterocycles. The molecule has 1 heterocycles. The van der Waals surface area contributed by atoms with Crippen LogP contribution in [0.4, 0.5) is 0 Å². The first-order chi connectivity index (χ1) is 7.48. The van der Waals surface area contributed by atoms with Crippen LogP contribution in [-0.2, 0) is 9.05 Å². The number of hydrogen-bond acceptors (Lipinski definition) is 5. The number of nitrogens with zero attached hydrogens (tertiary/aromatic N) is 3. The average molecular weight is 259 g/mol. The fourth-order valence-corrected chi connectivity index (χ4v) is 2.51. The zero-order valence-electron chi connectivity index (χ0n) is 8.18. The van der Waals surface area contributed by atoms with Crippen LogP contribution in [0.1, 0.15) is 5.56 Å². The van der Waals surface area contributed by atoms with E-state index in [1.54, 1.807) is 19.1 Å². The first-order valence-corrected chi connectivity index (χ1v) is 6.58. The van der Waals surface area contributed by atoms with E-state index in [9.17, 15) is 8.42 Å². The molecule has 2 rings (SSSR count). The standard InChI is InChI=1S/C8H7ClN4O2S/c1-5-2-3-6(8-10-12-13-11-8)4-7(5)16(9,14)15/h2-4H,1H3,(H,10,11,12,13). The minimum Gasteiger partial charge on any atom is -0.207 e. The molecule has 6 nitrogen and oxygen atoms in total. The number of rotatable bonds is 2. The Hall–Kier alpha value is -1.47. The van der Waals surface area contributed by atoms with Gasteiger partial charge in [-0.2, -0.15) is 5.21 Å². The number of benzene rings is 1. The summed E-state index contributed by atoms with van der Waals surface area (Å²) in [6, 6.07) is 4.76. The van der Waals surface area contributed by atoms with Gasteiger partial charge in [0.05, 0.1) is 4.90 Å². The van der Waals surface area contributed by atoms with Gasteiger partial charge in [-0.15, -0.1) is 10.2 Å².